The van der Waals surface area contributed by atoms with Crippen molar-refractivity contribution in [2.45, 2.75) is 31.6 Å². The highest BCUT2D eigenvalue weighted by Crippen LogP contribution is 2.42. The summed E-state index contributed by atoms with van der Waals surface area (Å²) in [6.07, 6.45) is 3.88. The number of carbonyl (C=O) groups is 1. The zero-order valence-electron chi connectivity index (χ0n) is 9.15. The van der Waals surface area contributed by atoms with E-state index in [1.54, 1.807) is 12.1 Å². The zero-order chi connectivity index (χ0) is 11.5. The summed E-state index contributed by atoms with van der Waals surface area (Å²) in [7, 11) is 0. The summed E-state index contributed by atoms with van der Waals surface area (Å²) in [5.74, 6) is -0.260. The van der Waals surface area contributed by atoms with Crippen molar-refractivity contribution in [3.05, 3.63) is 34.9 Å². The van der Waals surface area contributed by atoms with E-state index in [1.807, 2.05) is 6.07 Å². The molecule has 0 unspecified atom stereocenters. The van der Waals surface area contributed by atoms with E-state index < -0.39 is 5.97 Å². The fourth-order valence-electron chi connectivity index (χ4n) is 2.02. The van der Waals surface area contributed by atoms with Crippen LogP contribution in [-0.4, -0.2) is 22.8 Å². The normalized spacial score (nSPS) is 15.1. The van der Waals surface area contributed by atoms with E-state index in [4.69, 9.17) is 10.2 Å². The molecule has 0 saturated heterocycles. The highest BCUT2D eigenvalue weighted by Gasteiger charge is 2.26. The Balaban J connectivity index is 2.26. The summed E-state index contributed by atoms with van der Waals surface area (Å²) < 4.78 is 0. The Bertz CT molecular complexity index is 394. The molecular formula is C13H16O3. The lowest BCUT2D eigenvalue weighted by atomic mass is 9.97. The van der Waals surface area contributed by atoms with Crippen molar-refractivity contribution >= 4 is 5.97 Å². The van der Waals surface area contributed by atoms with Gasteiger partial charge in [0.15, 0.2) is 0 Å². The Morgan fingerprint density at radius 1 is 1.38 bits per heavy atom. The Morgan fingerprint density at radius 2 is 2.12 bits per heavy atom. The molecule has 0 aliphatic heterocycles. The fraction of sp³-hybridized carbons (Fsp3) is 0.462. The summed E-state index contributed by atoms with van der Waals surface area (Å²) >= 11 is 0. The van der Waals surface area contributed by atoms with Gasteiger partial charge >= 0.3 is 5.97 Å². The van der Waals surface area contributed by atoms with Gasteiger partial charge in [0.2, 0.25) is 0 Å². The highest BCUT2D eigenvalue weighted by molar-refractivity contribution is 5.88. The molecule has 3 heteroatoms. The fourth-order valence-corrected chi connectivity index (χ4v) is 2.02. The van der Waals surface area contributed by atoms with E-state index in [2.05, 4.69) is 0 Å². The molecule has 2 rings (SSSR count). The van der Waals surface area contributed by atoms with E-state index >= 15 is 0 Å². The molecule has 1 saturated carbocycles. The van der Waals surface area contributed by atoms with Gasteiger partial charge in [0.25, 0.3) is 0 Å². The van der Waals surface area contributed by atoms with Crippen LogP contribution in [0.2, 0.25) is 0 Å². The van der Waals surface area contributed by atoms with Crippen LogP contribution in [-0.2, 0) is 6.42 Å². The van der Waals surface area contributed by atoms with Crippen molar-refractivity contribution in [2.24, 2.45) is 0 Å². The maximum atomic E-state index is 10.9. The van der Waals surface area contributed by atoms with E-state index in [0.717, 1.165) is 12.0 Å². The largest absolute Gasteiger partial charge is 0.478 e. The number of hydrogen-bond acceptors (Lipinski definition) is 2. The molecule has 1 aromatic carbocycles. The molecule has 0 radical (unpaired) electrons. The van der Waals surface area contributed by atoms with E-state index in [9.17, 15) is 4.79 Å². The van der Waals surface area contributed by atoms with Gasteiger partial charge in [-0.1, -0.05) is 6.07 Å². The molecule has 16 heavy (non-hydrogen) atoms. The monoisotopic (exact) mass is 220 g/mol. The number of aryl methyl sites for hydroxylation is 1. The third-order valence-corrected chi connectivity index (χ3v) is 3.01. The molecule has 86 valence electrons. The van der Waals surface area contributed by atoms with Crippen LogP contribution in [0.25, 0.3) is 0 Å². The van der Waals surface area contributed by atoms with Crippen molar-refractivity contribution in [3.8, 4) is 0 Å². The molecule has 1 aromatic rings. The molecule has 0 bridgehead atoms. The molecule has 2 N–H and O–H groups in total. The maximum absolute atomic E-state index is 10.9. The summed E-state index contributed by atoms with van der Waals surface area (Å²) in [6.45, 7) is 0.154. The lowest BCUT2D eigenvalue weighted by Gasteiger charge is -2.09. The van der Waals surface area contributed by atoms with Gasteiger partial charge in [0, 0.05) is 6.61 Å². The van der Waals surface area contributed by atoms with Crippen molar-refractivity contribution in [3.63, 3.8) is 0 Å². The predicted molar refractivity (Wildman–Crippen MR) is 60.8 cm³/mol. The maximum Gasteiger partial charge on any atom is 0.335 e. The molecule has 0 atom stereocenters. The Labute approximate surface area is 94.7 Å². The number of rotatable bonds is 5. The van der Waals surface area contributed by atoms with Gasteiger partial charge in [-0.3, -0.25) is 0 Å². The number of carboxylic acids is 1. The van der Waals surface area contributed by atoms with Gasteiger partial charge in [0.1, 0.15) is 0 Å². The number of aromatic carboxylic acids is 1. The first kappa shape index (κ1) is 11.1. The summed E-state index contributed by atoms with van der Waals surface area (Å²) in [4.78, 5) is 10.9. The highest BCUT2D eigenvalue weighted by atomic mass is 16.4. The van der Waals surface area contributed by atoms with Crippen LogP contribution < -0.4 is 0 Å². The van der Waals surface area contributed by atoms with Crippen LogP contribution in [0.15, 0.2) is 18.2 Å². The average Bonchev–Trinajstić information content (AvgIpc) is 3.09. The third kappa shape index (κ3) is 2.42. The van der Waals surface area contributed by atoms with Crippen LogP contribution in [0.1, 0.15) is 46.7 Å². The lowest BCUT2D eigenvalue weighted by Crippen LogP contribution is -2.01. The molecule has 0 aromatic heterocycles. The van der Waals surface area contributed by atoms with Crippen molar-refractivity contribution in [2.75, 3.05) is 6.61 Å². The molecule has 3 nitrogen and oxygen atoms in total. The summed E-state index contributed by atoms with van der Waals surface area (Å²) in [6, 6.07) is 5.37. The Hall–Kier alpha value is -1.35. The second kappa shape index (κ2) is 4.66. The van der Waals surface area contributed by atoms with E-state index in [-0.39, 0.29) is 6.61 Å². The van der Waals surface area contributed by atoms with Gasteiger partial charge in [-0.25, -0.2) is 4.79 Å². The SMILES string of the molecule is O=C(O)c1ccc(C2CC2)c(CCCO)c1. The standard InChI is InChI=1S/C13H16O3/c14-7-1-2-10-8-11(13(15)16)5-6-12(10)9-3-4-9/h5-6,8-9,14H,1-4,7H2,(H,15,16). The lowest BCUT2D eigenvalue weighted by molar-refractivity contribution is 0.0696. The van der Waals surface area contributed by atoms with Crippen molar-refractivity contribution in [1.29, 1.82) is 0 Å². The number of hydrogen-bond donors (Lipinski definition) is 2. The first-order chi connectivity index (χ1) is 7.72. The van der Waals surface area contributed by atoms with Gasteiger partial charge in [-0.15, -0.1) is 0 Å². The van der Waals surface area contributed by atoms with Gasteiger partial charge < -0.3 is 10.2 Å². The number of carboxylic acid groups (broad SMARTS) is 1. The molecule has 0 amide bonds. The minimum atomic E-state index is -0.882. The molecular weight excluding hydrogens is 204 g/mol. The van der Waals surface area contributed by atoms with Crippen LogP contribution >= 0.6 is 0 Å². The second-order valence-corrected chi connectivity index (χ2v) is 4.32. The topological polar surface area (TPSA) is 57.5 Å². The molecule has 1 aliphatic rings. The van der Waals surface area contributed by atoms with E-state index in [0.29, 0.717) is 17.9 Å². The van der Waals surface area contributed by atoms with Crippen LogP contribution in [0.4, 0.5) is 0 Å². The molecule has 0 heterocycles. The Kier molecular flexibility index (Phi) is 3.25. The number of aliphatic hydroxyl groups is 1. The first-order valence-electron chi connectivity index (χ1n) is 5.69. The zero-order valence-corrected chi connectivity index (χ0v) is 9.15. The molecule has 1 fully saturated rings. The number of aliphatic hydroxyl groups excluding tert-OH is 1. The number of benzene rings is 1. The van der Waals surface area contributed by atoms with Gasteiger partial charge in [-0.05, 0) is 54.9 Å². The predicted octanol–water partition coefficient (Wildman–Crippen LogP) is 2.19. The average molecular weight is 220 g/mol. The summed E-state index contributed by atoms with van der Waals surface area (Å²) in [5, 5.41) is 17.8. The molecule has 1 aliphatic carbocycles. The first-order valence-corrected chi connectivity index (χ1v) is 5.69. The quantitative estimate of drug-likeness (QED) is 0.799. The minimum absolute atomic E-state index is 0.154. The van der Waals surface area contributed by atoms with Gasteiger partial charge in [0.05, 0.1) is 5.56 Å². The van der Waals surface area contributed by atoms with Crippen LogP contribution in [0.5, 0.6) is 0 Å². The molecule has 0 spiro atoms. The second-order valence-electron chi connectivity index (χ2n) is 4.32. The van der Waals surface area contributed by atoms with Crippen molar-refractivity contribution < 1.29 is 15.0 Å². The van der Waals surface area contributed by atoms with Crippen molar-refractivity contribution in [1.82, 2.24) is 0 Å². The minimum Gasteiger partial charge on any atom is -0.478 e. The Morgan fingerprint density at radius 3 is 2.69 bits per heavy atom. The third-order valence-electron chi connectivity index (χ3n) is 3.01. The van der Waals surface area contributed by atoms with Crippen LogP contribution in [0.3, 0.4) is 0 Å². The van der Waals surface area contributed by atoms with Crippen LogP contribution in [0, 0.1) is 0 Å². The summed E-state index contributed by atoms with van der Waals surface area (Å²) in [5.41, 5.74) is 2.72. The smallest absolute Gasteiger partial charge is 0.335 e. The van der Waals surface area contributed by atoms with Gasteiger partial charge in [-0.2, -0.15) is 0 Å². The van der Waals surface area contributed by atoms with E-state index in [1.165, 1.54) is 18.4 Å².